The van der Waals surface area contributed by atoms with Crippen molar-refractivity contribution in [3.63, 3.8) is 0 Å². The van der Waals surface area contributed by atoms with Crippen LogP contribution in [0.5, 0.6) is 0 Å². The van der Waals surface area contributed by atoms with Crippen LogP contribution in [0.3, 0.4) is 0 Å². The standard InChI is InChI=1S/C22H27N/c1-7-13-17-20-19(11-5)22(16-10-4)23(21(20)12-6)18(14-8-2)15-9-3/h7-17H,2,5H2,1,3-4,6H3/b13-7-,15-9-,16-10-,18-14+,20-17-,21-12+. The van der Waals surface area contributed by atoms with E-state index in [2.05, 4.69) is 61.1 Å². The largest absolute Gasteiger partial charge is 0.310 e. The molecule has 1 heterocycles. The molecule has 0 N–H and O–H groups in total. The maximum Gasteiger partial charge on any atom is 0.0537 e. The number of aromatic nitrogens is 1. The molecule has 0 bridgehead atoms. The van der Waals surface area contributed by atoms with Crippen molar-refractivity contribution in [1.29, 1.82) is 0 Å². The molecule has 0 saturated heterocycles. The van der Waals surface area contributed by atoms with Crippen LogP contribution in [0.15, 0.2) is 55.7 Å². The van der Waals surface area contributed by atoms with Gasteiger partial charge in [0.25, 0.3) is 0 Å². The third-order valence-corrected chi connectivity index (χ3v) is 3.47. The summed E-state index contributed by atoms with van der Waals surface area (Å²) >= 11 is 0. The minimum Gasteiger partial charge on any atom is -0.310 e. The average molecular weight is 305 g/mol. The second-order valence-corrected chi connectivity index (χ2v) is 4.95. The van der Waals surface area contributed by atoms with E-state index in [1.807, 2.05) is 51.2 Å². The van der Waals surface area contributed by atoms with Gasteiger partial charge in [-0.3, -0.25) is 0 Å². The highest BCUT2D eigenvalue weighted by molar-refractivity contribution is 5.72. The summed E-state index contributed by atoms with van der Waals surface area (Å²) in [5, 5.41) is 2.32. The van der Waals surface area contributed by atoms with Crippen molar-refractivity contribution in [3.8, 4) is 0 Å². The van der Waals surface area contributed by atoms with Crippen molar-refractivity contribution >= 4 is 30.0 Å². The Morgan fingerprint density at radius 3 is 2.22 bits per heavy atom. The fourth-order valence-electron chi connectivity index (χ4n) is 2.61. The SMILES string of the molecule is C=C/C=C(\C=C/C)n1c(/C=C\C)c(C=C)c(=C/C=C\C)/c1=C\C. The molecule has 0 unspecified atom stereocenters. The zero-order valence-corrected chi connectivity index (χ0v) is 14.7. The molecule has 0 saturated carbocycles. The minimum atomic E-state index is 1.08. The zero-order valence-electron chi connectivity index (χ0n) is 14.7. The van der Waals surface area contributed by atoms with E-state index in [0.29, 0.717) is 0 Å². The number of hydrogen-bond donors (Lipinski definition) is 0. The van der Waals surface area contributed by atoms with Crippen LogP contribution in [0.1, 0.15) is 39.0 Å². The fourth-order valence-corrected chi connectivity index (χ4v) is 2.61. The molecule has 1 aromatic heterocycles. The van der Waals surface area contributed by atoms with Crippen LogP contribution in [0.2, 0.25) is 0 Å². The van der Waals surface area contributed by atoms with E-state index in [-0.39, 0.29) is 0 Å². The molecule has 0 atom stereocenters. The molecule has 1 nitrogen and oxygen atoms in total. The van der Waals surface area contributed by atoms with Crippen LogP contribution in [0, 0.1) is 0 Å². The van der Waals surface area contributed by atoms with E-state index in [0.717, 1.165) is 22.3 Å². The number of hydrogen-bond acceptors (Lipinski definition) is 0. The Bertz CT molecular complexity index is 790. The van der Waals surface area contributed by atoms with Crippen LogP contribution >= 0.6 is 0 Å². The van der Waals surface area contributed by atoms with Gasteiger partial charge in [-0.05, 0) is 45.9 Å². The van der Waals surface area contributed by atoms with Crippen molar-refractivity contribution < 1.29 is 0 Å². The van der Waals surface area contributed by atoms with Gasteiger partial charge in [0.05, 0.1) is 5.69 Å². The first kappa shape index (κ1) is 18.5. The molecule has 120 valence electrons. The quantitative estimate of drug-likeness (QED) is 0.657. The molecule has 0 aliphatic rings. The second-order valence-electron chi connectivity index (χ2n) is 4.95. The molecule has 1 heteroatoms. The predicted molar refractivity (Wildman–Crippen MR) is 107 cm³/mol. The molecular weight excluding hydrogens is 278 g/mol. The van der Waals surface area contributed by atoms with Gasteiger partial charge in [0, 0.05) is 21.8 Å². The third kappa shape index (κ3) is 4.01. The van der Waals surface area contributed by atoms with Crippen molar-refractivity contribution in [2.45, 2.75) is 27.7 Å². The molecule has 0 aliphatic heterocycles. The molecule has 0 fully saturated rings. The summed E-state index contributed by atoms with van der Waals surface area (Å²) in [5.74, 6) is 0. The monoisotopic (exact) mass is 305 g/mol. The Balaban J connectivity index is 4.10. The van der Waals surface area contributed by atoms with Crippen molar-refractivity contribution in [2.75, 3.05) is 0 Å². The Kier molecular flexibility index (Phi) is 7.62. The van der Waals surface area contributed by atoms with E-state index in [4.69, 9.17) is 0 Å². The Hall–Kier alpha value is -2.54. The normalized spacial score (nSPS) is 14.7. The minimum absolute atomic E-state index is 1.08. The maximum atomic E-state index is 4.02. The van der Waals surface area contributed by atoms with Gasteiger partial charge in [-0.15, -0.1) is 0 Å². The Morgan fingerprint density at radius 2 is 1.74 bits per heavy atom. The molecular formula is C22H27N. The van der Waals surface area contributed by atoms with Crippen LogP contribution < -0.4 is 10.6 Å². The Morgan fingerprint density at radius 1 is 1.00 bits per heavy atom. The van der Waals surface area contributed by atoms with Crippen LogP contribution in [-0.4, -0.2) is 4.57 Å². The third-order valence-electron chi connectivity index (χ3n) is 3.47. The van der Waals surface area contributed by atoms with Crippen LogP contribution in [0.25, 0.3) is 30.0 Å². The van der Waals surface area contributed by atoms with Crippen LogP contribution in [-0.2, 0) is 0 Å². The van der Waals surface area contributed by atoms with Gasteiger partial charge in [-0.2, -0.15) is 0 Å². The first-order valence-corrected chi connectivity index (χ1v) is 7.95. The predicted octanol–water partition coefficient (Wildman–Crippen LogP) is 4.92. The van der Waals surface area contributed by atoms with Gasteiger partial charge in [0.1, 0.15) is 0 Å². The molecule has 0 amide bonds. The molecule has 1 aromatic rings. The van der Waals surface area contributed by atoms with E-state index in [1.165, 1.54) is 5.22 Å². The second kappa shape index (κ2) is 9.47. The summed E-state index contributed by atoms with van der Waals surface area (Å²) < 4.78 is 2.24. The van der Waals surface area contributed by atoms with E-state index < -0.39 is 0 Å². The molecule has 0 aliphatic carbocycles. The van der Waals surface area contributed by atoms with Gasteiger partial charge in [-0.25, -0.2) is 0 Å². The molecule has 1 rings (SSSR count). The number of rotatable bonds is 6. The number of allylic oxidation sites excluding steroid dienone is 8. The van der Waals surface area contributed by atoms with Gasteiger partial charge >= 0.3 is 0 Å². The lowest BCUT2D eigenvalue weighted by Gasteiger charge is -2.09. The van der Waals surface area contributed by atoms with Gasteiger partial charge in [0.2, 0.25) is 0 Å². The summed E-state index contributed by atoms with van der Waals surface area (Å²) in [4.78, 5) is 0. The highest BCUT2D eigenvalue weighted by atomic mass is 15.0. The summed E-state index contributed by atoms with van der Waals surface area (Å²) in [7, 11) is 0. The van der Waals surface area contributed by atoms with Gasteiger partial charge in [-0.1, -0.05) is 61.8 Å². The Labute approximate surface area is 140 Å². The fraction of sp³-hybridized carbons (Fsp3) is 0.182. The van der Waals surface area contributed by atoms with E-state index in [1.54, 1.807) is 0 Å². The van der Waals surface area contributed by atoms with Crippen molar-refractivity contribution in [1.82, 2.24) is 4.57 Å². The van der Waals surface area contributed by atoms with Gasteiger partial charge in [0.15, 0.2) is 0 Å². The first-order chi connectivity index (χ1) is 11.2. The maximum absolute atomic E-state index is 4.02. The summed E-state index contributed by atoms with van der Waals surface area (Å²) in [6, 6.07) is 0. The lowest BCUT2D eigenvalue weighted by atomic mass is 10.1. The highest BCUT2D eigenvalue weighted by Crippen LogP contribution is 2.15. The molecule has 0 aromatic carbocycles. The van der Waals surface area contributed by atoms with Crippen molar-refractivity contribution in [2.24, 2.45) is 0 Å². The average Bonchev–Trinajstić information content (AvgIpc) is 2.85. The molecule has 23 heavy (non-hydrogen) atoms. The van der Waals surface area contributed by atoms with Crippen molar-refractivity contribution in [3.05, 3.63) is 77.5 Å². The van der Waals surface area contributed by atoms with E-state index in [9.17, 15) is 0 Å². The van der Waals surface area contributed by atoms with E-state index >= 15 is 0 Å². The lowest BCUT2D eigenvalue weighted by molar-refractivity contribution is 1.05. The van der Waals surface area contributed by atoms with Crippen LogP contribution in [0.4, 0.5) is 0 Å². The first-order valence-electron chi connectivity index (χ1n) is 7.95. The smallest absolute Gasteiger partial charge is 0.0537 e. The molecule has 0 spiro atoms. The topological polar surface area (TPSA) is 4.93 Å². The summed E-state index contributed by atoms with van der Waals surface area (Å²) in [6.07, 6.45) is 22.4. The molecule has 0 radical (unpaired) electrons. The zero-order chi connectivity index (χ0) is 17.2. The summed E-state index contributed by atoms with van der Waals surface area (Å²) in [5.41, 5.74) is 3.33. The lowest BCUT2D eigenvalue weighted by Crippen LogP contribution is -2.29. The summed E-state index contributed by atoms with van der Waals surface area (Å²) in [6.45, 7) is 16.0. The number of nitrogens with zero attached hydrogens (tertiary/aromatic N) is 1. The van der Waals surface area contributed by atoms with Gasteiger partial charge < -0.3 is 4.57 Å². The highest BCUT2D eigenvalue weighted by Gasteiger charge is 2.11.